The summed E-state index contributed by atoms with van der Waals surface area (Å²) >= 11 is 0. The minimum absolute atomic E-state index is 0.290. The fraction of sp³-hybridized carbons (Fsp3) is 0.116. The van der Waals surface area contributed by atoms with Crippen LogP contribution in [-0.2, 0) is 0 Å². The zero-order valence-electron chi connectivity index (χ0n) is 30.3. The lowest BCUT2D eigenvalue weighted by molar-refractivity contribution is 0.0725. The molecular formula is C43H36N6O5. The zero-order valence-corrected chi connectivity index (χ0v) is 30.3. The van der Waals surface area contributed by atoms with Gasteiger partial charge in [0.2, 0.25) is 0 Å². The highest BCUT2D eigenvalue weighted by atomic mass is 16.5. The summed E-state index contributed by atoms with van der Waals surface area (Å²) in [6.07, 6.45) is 0. The molecule has 6 aromatic rings. The van der Waals surface area contributed by atoms with Gasteiger partial charge in [0.1, 0.15) is 17.2 Å². The summed E-state index contributed by atoms with van der Waals surface area (Å²) in [5.74, 6) is 0.459. The average Bonchev–Trinajstić information content (AvgIpc) is 3.18. The van der Waals surface area contributed by atoms with E-state index in [1.54, 1.807) is 116 Å². The molecule has 11 heteroatoms. The molecule has 0 spiro atoms. The Morgan fingerprint density at radius 1 is 0.444 bits per heavy atom. The molecule has 0 N–H and O–H groups in total. The molecule has 0 saturated carbocycles. The van der Waals surface area contributed by atoms with Crippen molar-refractivity contribution in [1.29, 1.82) is 0 Å². The van der Waals surface area contributed by atoms with Gasteiger partial charge in [-0.1, -0.05) is 30.3 Å². The van der Waals surface area contributed by atoms with Gasteiger partial charge >= 0.3 is 11.9 Å². The number of benzene rings is 6. The number of carbonyl (C=O) groups excluding carboxylic acids is 2. The quantitative estimate of drug-likeness (QED) is 0.0746. The number of azo groups is 3. The van der Waals surface area contributed by atoms with Crippen molar-refractivity contribution in [3.63, 3.8) is 0 Å². The molecule has 0 aromatic heterocycles. The number of hydrogen-bond acceptors (Lipinski definition) is 11. The molecule has 0 amide bonds. The second kappa shape index (κ2) is 16.9. The third-order valence-corrected chi connectivity index (χ3v) is 8.29. The number of carbonyl (C=O) groups is 2. The molecule has 6 rings (SSSR count). The van der Waals surface area contributed by atoms with Crippen molar-refractivity contribution in [2.75, 3.05) is 7.11 Å². The first-order valence-corrected chi connectivity index (χ1v) is 17.0. The molecule has 268 valence electrons. The lowest BCUT2D eigenvalue weighted by Crippen LogP contribution is -2.10. The third kappa shape index (κ3) is 9.20. The highest BCUT2D eigenvalue weighted by Gasteiger charge is 2.15. The molecule has 54 heavy (non-hydrogen) atoms. The van der Waals surface area contributed by atoms with Crippen LogP contribution in [0.2, 0.25) is 0 Å². The second-order valence-electron chi connectivity index (χ2n) is 12.3. The van der Waals surface area contributed by atoms with Crippen molar-refractivity contribution < 1.29 is 23.8 Å². The molecule has 6 aromatic carbocycles. The molecule has 0 bridgehead atoms. The van der Waals surface area contributed by atoms with E-state index in [1.807, 2.05) is 45.9 Å². The summed E-state index contributed by atoms with van der Waals surface area (Å²) in [7, 11) is 1.57. The van der Waals surface area contributed by atoms with Gasteiger partial charge in [0.15, 0.2) is 5.75 Å². The molecule has 0 aliphatic rings. The minimum atomic E-state index is -0.500. The van der Waals surface area contributed by atoms with Crippen molar-refractivity contribution in [3.05, 3.63) is 161 Å². The van der Waals surface area contributed by atoms with Crippen LogP contribution in [0.4, 0.5) is 34.1 Å². The van der Waals surface area contributed by atoms with Gasteiger partial charge < -0.3 is 14.2 Å². The van der Waals surface area contributed by atoms with Gasteiger partial charge in [-0.3, -0.25) is 0 Å². The number of ether oxygens (including phenoxy) is 3. The van der Waals surface area contributed by atoms with E-state index in [0.717, 1.165) is 22.3 Å². The summed E-state index contributed by atoms with van der Waals surface area (Å²) < 4.78 is 16.4. The van der Waals surface area contributed by atoms with E-state index in [2.05, 4.69) is 30.7 Å². The first kappa shape index (κ1) is 36.6. The van der Waals surface area contributed by atoms with Crippen molar-refractivity contribution in [2.45, 2.75) is 27.7 Å². The fourth-order valence-electron chi connectivity index (χ4n) is 5.24. The molecule has 0 heterocycles. The molecule has 0 radical (unpaired) electrons. The largest absolute Gasteiger partial charge is 0.497 e. The van der Waals surface area contributed by atoms with E-state index in [4.69, 9.17) is 14.2 Å². The van der Waals surface area contributed by atoms with E-state index >= 15 is 0 Å². The minimum Gasteiger partial charge on any atom is -0.497 e. The van der Waals surface area contributed by atoms with Crippen LogP contribution >= 0.6 is 0 Å². The van der Waals surface area contributed by atoms with Gasteiger partial charge in [0.05, 0.1) is 46.7 Å². The molecule has 0 aliphatic heterocycles. The van der Waals surface area contributed by atoms with Crippen LogP contribution in [0.1, 0.15) is 43.0 Å². The van der Waals surface area contributed by atoms with Gasteiger partial charge in [-0.05, 0) is 147 Å². The van der Waals surface area contributed by atoms with Crippen LogP contribution in [-0.4, -0.2) is 19.0 Å². The smallest absolute Gasteiger partial charge is 0.343 e. The molecule has 0 aliphatic carbocycles. The molecule has 0 atom stereocenters. The summed E-state index contributed by atoms with van der Waals surface area (Å²) in [6.45, 7) is 7.57. The van der Waals surface area contributed by atoms with Crippen LogP contribution < -0.4 is 14.2 Å². The number of hydrogen-bond donors (Lipinski definition) is 0. The maximum Gasteiger partial charge on any atom is 0.343 e. The van der Waals surface area contributed by atoms with Crippen molar-refractivity contribution in [1.82, 2.24) is 0 Å². The van der Waals surface area contributed by atoms with Crippen LogP contribution in [0.25, 0.3) is 0 Å². The Balaban J connectivity index is 1.08. The number of nitrogens with zero attached hydrogens (tertiary/aromatic N) is 6. The maximum absolute atomic E-state index is 12.9. The van der Waals surface area contributed by atoms with E-state index in [-0.39, 0.29) is 5.75 Å². The Kier molecular flexibility index (Phi) is 11.5. The maximum atomic E-state index is 12.9. The SMILES string of the molecule is COc1ccc(C(=O)Oc2ccccc2N=Nc2ccc(N=Nc3cc(C)c(N=Nc4ccc(OC(=O)c5ccccc5)cc4C)cc3C)cc2)c(C)c1. The van der Waals surface area contributed by atoms with Crippen LogP contribution in [0.5, 0.6) is 17.2 Å². The molecule has 0 fully saturated rings. The Labute approximate surface area is 312 Å². The summed E-state index contributed by atoms with van der Waals surface area (Å²) in [5, 5.41) is 26.5. The topological polar surface area (TPSA) is 136 Å². The average molecular weight is 717 g/mol. The summed E-state index contributed by atoms with van der Waals surface area (Å²) in [5.41, 5.74) is 7.90. The number of aryl methyl sites for hydroxylation is 4. The van der Waals surface area contributed by atoms with Crippen molar-refractivity contribution >= 4 is 46.1 Å². The van der Waals surface area contributed by atoms with Gasteiger partial charge in [0.25, 0.3) is 0 Å². The second-order valence-corrected chi connectivity index (χ2v) is 12.3. The first-order chi connectivity index (χ1) is 26.2. The summed E-state index contributed by atoms with van der Waals surface area (Å²) in [4.78, 5) is 25.3. The Bertz CT molecular complexity index is 2410. The molecule has 0 unspecified atom stereocenters. The van der Waals surface area contributed by atoms with Crippen LogP contribution in [0.15, 0.2) is 158 Å². The van der Waals surface area contributed by atoms with Gasteiger partial charge in [-0.2, -0.15) is 25.6 Å². The van der Waals surface area contributed by atoms with E-state index in [9.17, 15) is 9.59 Å². The molecular weight excluding hydrogens is 681 g/mol. The van der Waals surface area contributed by atoms with E-state index < -0.39 is 11.9 Å². The monoisotopic (exact) mass is 716 g/mol. The van der Waals surface area contributed by atoms with Crippen molar-refractivity contribution in [2.24, 2.45) is 30.7 Å². The predicted molar refractivity (Wildman–Crippen MR) is 207 cm³/mol. The predicted octanol–water partition coefficient (Wildman–Crippen LogP) is 12.6. The van der Waals surface area contributed by atoms with Crippen LogP contribution in [0.3, 0.4) is 0 Å². The lowest BCUT2D eigenvalue weighted by atomic mass is 10.1. The van der Waals surface area contributed by atoms with E-state index in [1.165, 1.54) is 0 Å². The van der Waals surface area contributed by atoms with Gasteiger partial charge in [-0.25, -0.2) is 9.59 Å². The highest BCUT2D eigenvalue weighted by molar-refractivity contribution is 5.93. The standard InChI is InChI=1S/C43H36N6O5/c1-27-23-34(52-5)19-21-36(27)43(51)54-41-14-10-9-13-38(41)47-44-32-15-17-33(18-16-32)45-48-39-25-30(4)40(26-29(39)3)49-46-37-22-20-35(24-28(37)2)53-42(50)31-11-7-6-8-12-31/h6-26H,1-5H3. The summed E-state index contributed by atoms with van der Waals surface area (Å²) in [6, 6.07) is 37.1. The van der Waals surface area contributed by atoms with Crippen molar-refractivity contribution in [3.8, 4) is 17.2 Å². The number of esters is 2. The number of methoxy groups -OCH3 is 1. The van der Waals surface area contributed by atoms with Gasteiger partial charge in [0, 0.05) is 0 Å². The fourth-order valence-corrected chi connectivity index (χ4v) is 5.24. The number of para-hydroxylation sites is 1. The molecule has 11 nitrogen and oxygen atoms in total. The Morgan fingerprint density at radius 3 is 1.61 bits per heavy atom. The Hall–Kier alpha value is -7.14. The normalized spacial score (nSPS) is 11.4. The zero-order chi connectivity index (χ0) is 38.0. The molecule has 0 saturated heterocycles. The number of rotatable bonds is 11. The first-order valence-electron chi connectivity index (χ1n) is 17.0. The Morgan fingerprint density at radius 2 is 0.981 bits per heavy atom. The van der Waals surface area contributed by atoms with E-state index in [0.29, 0.717) is 56.8 Å². The van der Waals surface area contributed by atoms with Gasteiger partial charge in [-0.15, -0.1) is 5.11 Å². The lowest BCUT2D eigenvalue weighted by Gasteiger charge is -2.09. The third-order valence-electron chi connectivity index (χ3n) is 8.29. The highest BCUT2D eigenvalue weighted by Crippen LogP contribution is 2.34. The van der Waals surface area contributed by atoms with Crippen LogP contribution in [0, 0.1) is 27.7 Å².